The standard InChI is InChI=1S/C14H19N3O2/c1-19-12-7-4-6-11-13(12)17(14(18)16-11)9-10-5-2-3-8-15-10/h4,6-7,10,15H,2-3,5,8-9H2,1H3,(H,16,18). The van der Waals surface area contributed by atoms with Crippen LogP contribution in [0.15, 0.2) is 23.0 Å². The molecule has 19 heavy (non-hydrogen) atoms. The molecule has 5 heteroatoms. The second kappa shape index (κ2) is 5.09. The minimum atomic E-state index is -0.0631. The number of methoxy groups -OCH3 is 1. The maximum Gasteiger partial charge on any atom is 0.326 e. The van der Waals surface area contributed by atoms with Crippen LogP contribution in [0.5, 0.6) is 5.75 Å². The highest BCUT2D eigenvalue weighted by molar-refractivity contribution is 5.82. The molecule has 3 rings (SSSR count). The average molecular weight is 261 g/mol. The molecular formula is C14H19N3O2. The van der Waals surface area contributed by atoms with Crippen molar-refractivity contribution >= 4 is 11.0 Å². The molecule has 1 atom stereocenters. The molecule has 5 nitrogen and oxygen atoms in total. The predicted octanol–water partition coefficient (Wildman–Crippen LogP) is 1.48. The van der Waals surface area contributed by atoms with Crippen molar-refractivity contribution in [3.05, 3.63) is 28.7 Å². The van der Waals surface area contributed by atoms with E-state index in [2.05, 4.69) is 10.3 Å². The number of H-pyrrole nitrogens is 1. The third kappa shape index (κ3) is 2.26. The van der Waals surface area contributed by atoms with Gasteiger partial charge in [-0.05, 0) is 31.5 Å². The highest BCUT2D eigenvalue weighted by Gasteiger charge is 2.17. The number of piperidine rings is 1. The highest BCUT2D eigenvalue weighted by Crippen LogP contribution is 2.23. The van der Waals surface area contributed by atoms with Crippen molar-refractivity contribution < 1.29 is 4.74 Å². The number of nitrogens with zero attached hydrogens (tertiary/aromatic N) is 1. The fraction of sp³-hybridized carbons (Fsp3) is 0.500. The van der Waals surface area contributed by atoms with Crippen molar-refractivity contribution in [3.8, 4) is 5.75 Å². The Morgan fingerprint density at radius 2 is 2.32 bits per heavy atom. The first kappa shape index (κ1) is 12.3. The summed E-state index contributed by atoms with van der Waals surface area (Å²) in [4.78, 5) is 15.0. The Morgan fingerprint density at radius 1 is 1.42 bits per heavy atom. The number of para-hydroxylation sites is 1. The Kier molecular flexibility index (Phi) is 3.29. The number of aromatic amines is 1. The van der Waals surface area contributed by atoms with E-state index in [4.69, 9.17) is 4.74 Å². The summed E-state index contributed by atoms with van der Waals surface area (Å²) in [5.41, 5.74) is 1.63. The number of rotatable bonds is 3. The number of hydrogen-bond donors (Lipinski definition) is 2. The first-order valence-corrected chi connectivity index (χ1v) is 6.78. The van der Waals surface area contributed by atoms with Gasteiger partial charge in [0.15, 0.2) is 0 Å². The maximum atomic E-state index is 12.1. The Labute approximate surface area is 111 Å². The molecule has 102 valence electrons. The molecule has 0 radical (unpaired) electrons. The molecule has 0 saturated carbocycles. The quantitative estimate of drug-likeness (QED) is 0.880. The largest absolute Gasteiger partial charge is 0.494 e. The van der Waals surface area contributed by atoms with E-state index >= 15 is 0 Å². The fourth-order valence-electron chi connectivity index (χ4n) is 2.82. The second-order valence-electron chi connectivity index (χ2n) is 5.04. The van der Waals surface area contributed by atoms with Gasteiger partial charge in [-0.2, -0.15) is 0 Å². The number of fused-ring (bicyclic) bond motifs is 1. The van der Waals surface area contributed by atoms with Crippen LogP contribution in [-0.2, 0) is 6.54 Å². The molecule has 2 aromatic rings. The summed E-state index contributed by atoms with van der Waals surface area (Å²) >= 11 is 0. The van der Waals surface area contributed by atoms with E-state index in [0.717, 1.165) is 29.7 Å². The van der Waals surface area contributed by atoms with Crippen LogP contribution < -0.4 is 15.7 Å². The number of aromatic nitrogens is 2. The highest BCUT2D eigenvalue weighted by atomic mass is 16.5. The first-order valence-electron chi connectivity index (χ1n) is 6.78. The fourth-order valence-corrected chi connectivity index (χ4v) is 2.82. The normalized spacial score (nSPS) is 19.7. The van der Waals surface area contributed by atoms with Crippen molar-refractivity contribution in [1.82, 2.24) is 14.9 Å². The SMILES string of the molecule is COc1cccc2[nH]c(=O)n(CC3CCCCN3)c12. The van der Waals surface area contributed by atoms with E-state index in [1.807, 2.05) is 18.2 Å². The molecule has 0 amide bonds. The van der Waals surface area contributed by atoms with E-state index in [0.29, 0.717) is 12.6 Å². The molecule has 2 N–H and O–H groups in total. The van der Waals surface area contributed by atoms with E-state index in [9.17, 15) is 4.79 Å². The van der Waals surface area contributed by atoms with Crippen LogP contribution >= 0.6 is 0 Å². The molecule has 1 fully saturated rings. The van der Waals surface area contributed by atoms with E-state index in [-0.39, 0.29) is 5.69 Å². The average Bonchev–Trinajstić information content (AvgIpc) is 2.76. The minimum absolute atomic E-state index is 0.0631. The van der Waals surface area contributed by atoms with Gasteiger partial charge in [-0.1, -0.05) is 12.5 Å². The molecule has 1 aliphatic heterocycles. The van der Waals surface area contributed by atoms with Crippen molar-refractivity contribution in [1.29, 1.82) is 0 Å². The van der Waals surface area contributed by atoms with Gasteiger partial charge < -0.3 is 15.0 Å². The van der Waals surface area contributed by atoms with Crippen LogP contribution in [0.2, 0.25) is 0 Å². The number of imidazole rings is 1. The van der Waals surface area contributed by atoms with Crippen LogP contribution in [0.25, 0.3) is 11.0 Å². The summed E-state index contributed by atoms with van der Waals surface area (Å²) in [5, 5.41) is 3.47. The Bertz CT molecular complexity index is 623. The van der Waals surface area contributed by atoms with Crippen molar-refractivity contribution in [2.75, 3.05) is 13.7 Å². The zero-order chi connectivity index (χ0) is 13.2. The molecule has 0 aliphatic carbocycles. The number of ether oxygens (including phenoxy) is 1. The van der Waals surface area contributed by atoms with Gasteiger partial charge in [0.05, 0.1) is 12.6 Å². The van der Waals surface area contributed by atoms with Crippen molar-refractivity contribution in [3.63, 3.8) is 0 Å². The smallest absolute Gasteiger partial charge is 0.326 e. The van der Waals surface area contributed by atoms with Gasteiger partial charge in [0.1, 0.15) is 11.3 Å². The van der Waals surface area contributed by atoms with E-state index < -0.39 is 0 Å². The number of hydrogen-bond acceptors (Lipinski definition) is 3. The summed E-state index contributed by atoms with van der Waals surface area (Å²) in [5.74, 6) is 0.742. The third-order valence-electron chi connectivity index (χ3n) is 3.79. The van der Waals surface area contributed by atoms with E-state index in [1.54, 1.807) is 11.7 Å². The van der Waals surface area contributed by atoms with Gasteiger partial charge in [-0.15, -0.1) is 0 Å². The molecule has 1 saturated heterocycles. The maximum absolute atomic E-state index is 12.1. The first-order chi connectivity index (χ1) is 9.29. The lowest BCUT2D eigenvalue weighted by atomic mass is 10.1. The molecule has 0 bridgehead atoms. The zero-order valence-electron chi connectivity index (χ0n) is 11.1. The van der Waals surface area contributed by atoms with Gasteiger partial charge in [0, 0.05) is 12.6 Å². The topological polar surface area (TPSA) is 59.1 Å². The van der Waals surface area contributed by atoms with Crippen LogP contribution in [0.1, 0.15) is 19.3 Å². The molecule has 1 aromatic carbocycles. The summed E-state index contributed by atoms with van der Waals surface area (Å²) in [7, 11) is 1.63. The predicted molar refractivity (Wildman–Crippen MR) is 74.8 cm³/mol. The second-order valence-corrected chi connectivity index (χ2v) is 5.04. The lowest BCUT2D eigenvalue weighted by molar-refractivity contribution is 0.361. The Balaban J connectivity index is 2.01. The molecule has 1 aliphatic rings. The Morgan fingerprint density at radius 3 is 3.05 bits per heavy atom. The van der Waals surface area contributed by atoms with Crippen molar-refractivity contribution in [2.45, 2.75) is 31.8 Å². The van der Waals surface area contributed by atoms with Gasteiger partial charge in [-0.3, -0.25) is 4.57 Å². The molecule has 1 unspecified atom stereocenters. The lowest BCUT2D eigenvalue weighted by Gasteiger charge is -2.23. The van der Waals surface area contributed by atoms with E-state index in [1.165, 1.54) is 12.8 Å². The van der Waals surface area contributed by atoms with Gasteiger partial charge in [-0.25, -0.2) is 4.79 Å². The lowest BCUT2D eigenvalue weighted by Crippen LogP contribution is -2.39. The third-order valence-corrected chi connectivity index (χ3v) is 3.79. The summed E-state index contributed by atoms with van der Waals surface area (Å²) < 4.78 is 7.16. The van der Waals surface area contributed by atoms with Crippen LogP contribution in [0, 0.1) is 0 Å². The van der Waals surface area contributed by atoms with Gasteiger partial charge in [0.2, 0.25) is 0 Å². The van der Waals surface area contributed by atoms with Crippen LogP contribution in [0.4, 0.5) is 0 Å². The minimum Gasteiger partial charge on any atom is -0.494 e. The molecule has 0 spiro atoms. The van der Waals surface area contributed by atoms with Crippen LogP contribution in [-0.4, -0.2) is 29.2 Å². The number of benzene rings is 1. The molecule has 1 aromatic heterocycles. The zero-order valence-corrected chi connectivity index (χ0v) is 11.1. The molecular weight excluding hydrogens is 242 g/mol. The Hall–Kier alpha value is -1.75. The molecule has 2 heterocycles. The monoisotopic (exact) mass is 261 g/mol. The summed E-state index contributed by atoms with van der Waals surface area (Å²) in [6, 6.07) is 6.06. The van der Waals surface area contributed by atoms with Crippen molar-refractivity contribution in [2.24, 2.45) is 0 Å². The summed E-state index contributed by atoms with van der Waals surface area (Å²) in [6.07, 6.45) is 3.57. The van der Waals surface area contributed by atoms with Gasteiger partial charge >= 0.3 is 5.69 Å². The van der Waals surface area contributed by atoms with Gasteiger partial charge in [0.25, 0.3) is 0 Å². The number of nitrogens with one attached hydrogen (secondary N) is 2. The summed E-state index contributed by atoms with van der Waals surface area (Å²) in [6.45, 7) is 1.73. The van der Waals surface area contributed by atoms with Crippen LogP contribution in [0.3, 0.4) is 0 Å².